The number of hydrogen-bond acceptors (Lipinski definition) is 5. The van der Waals surface area contributed by atoms with Crippen molar-refractivity contribution in [2.45, 2.75) is 6.92 Å². The van der Waals surface area contributed by atoms with Crippen molar-refractivity contribution in [2.75, 3.05) is 49.8 Å². The van der Waals surface area contributed by atoms with Gasteiger partial charge in [-0.15, -0.1) is 0 Å². The number of rotatable bonds is 5. The number of nitrogens with zero attached hydrogens (tertiary/aromatic N) is 3. The molecule has 0 saturated carbocycles. The molecule has 2 aliphatic heterocycles. The third kappa shape index (κ3) is 3.73. The highest BCUT2D eigenvalue weighted by Gasteiger charge is 2.47. The number of nitrogens with one attached hydrogen (secondary N) is 1. The Balaban J connectivity index is 1.38. The third-order valence-corrected chi connectivity index (χ3v) is 5.64. The molecule has 2 aromatic carbocycles. The zero-order chi connectivity index (χ0) is 21.3. The first-order chi connectivity index (χ1) is 14.5. The van der Waals surface area contributed by atoms with Gasteiger partial charge in [0, 0.05) is 5.69 Å². The molecule has 2 saturated heterocycles. The second kappa shape index (κ2) is 8.16. The van der Waals surface area contributed by atoms with Gasteiger partial charge in [-0.25, -0.2) is 14.6 Å². The van der Waals surface area contributed by atoms with Crippen molar-refractivity contribution in [1.82, 2.24) is 4.90 Å². The van der Waals surface area contributed by atoms with E-state index in [4.69, 9.17) is 4.74 Å². The first kappa shape index (κ1) is 19.9. The molecule has 0 unspecified atom stereocenters. The first-order valence-corrected chi connectivity index (χ1v) is 9.97. The van der Waals surface area contributed by atoms with E-state index >= 15 is 0 Å². The second-order valence-electron chi connectivity index (χ2n) is 7.59. The molecular weight excluding hydrogens is 384 g/mol. The average Bonchev–Trinajstić information content (AvgIpc) is 2.98. The summed E-state index contributed by atoms with van der Waals surface area (Å²) in [5.74, 6) is -0.734. The SMILES string of the molecule is COc1ccc(N2CC[NH+](CN3C(=O)C(=O)N(c4ccc(C)cc4)C3=O)CC2)cc1. The Morgan fingerprint density at radius 3 is 2.07 bits per heavy atom. The van der Waals surface area contributed by atoms with Crippen LogP contribution in [0.5, 0.6) is 5.75 Å². The van der Waals surface area contributed by atoms with E-state index in [0.29, 0.717) is 5.69 Å². The number of hydrogen-bond donors (Lipinski definition) is 1. The number of carbonyl (C=O) groups is 3. The van der Waals surface area contributed by atoms with Crippen LogP contribution in [0.2, 0.25) is 0 Å². The molecule has 0 aromatic heterocycles. The Hall–Kier alpha value is -3.39. The van der Waals surface area contributed by atoms with E-state index in [1.165, 1.54) is 0 Å². The van der Waals surface area contributed by atoms with Crippen LogP contribution in [0.4, 0.5) is 16.2 Å². The molecule has 2 aromatic rings. The van der Waals surface area contributed by atoms with Crippen molar-refractivity contribution in [3.63, 3.8) is 0 Å². The van der Waals surface area contributed by atoms with Gasteiger partial charge in [-0.3, -0.25) is 9.59 Å². The van der Waals surface area contributed by atoms with Gasteiger partial charge in [-0.1, -0.05) is 17.7 Å². The van der Waals surface area contributed by atoms with E-state index in [1.54, 1.807) is 19.2 Å². The Labute approximate surface area is 175 Å². The molecule has 0 atom stereocenters. The average molecular weight is 409 g/mol. The summed E-state index contributed by atoms with van der Waals surface area (Å²) in [6.45, 7) is 5.25. The lowest BCUT2D eigenvalue weighted by Crippen LogP contribution is -3.16. The van der Waals surface area contributed by atoms with Crippen LogP contribution in [0.25, 0.3) is 0 Å². The fourth-order valence-electron chi connectivity index (χ4n) is 3.82. The Bertz CT molecular complexity index is 950. The number of carbonyl (C=O) groups excluding carboxylic acids is 3. The molecule has 0 bridgehead atoms. The maximum atomic E-state index is 12.8. The van der Waals surface area contributed by atoms with Crippen LogP contribution >= 0.6 is 0 Å². The number of urea groups is 1. The summed E-state index contributed by atoms with van der Waals surface area (Å²) in [4.78, 5) is 43.1. The fraction of sp³-hybridized carbons (Fsp3) is 0.318. The van der Waals surface area contributed by atoms with E-state index in [1.807, 2.05) is 43.3 Å². The molecule has 30 heavy (non-hydrogen) atoms. The molecule has 0 aliphatic carbocycles. The van der Waals surface area contributed by atoms with Crippen molar-refractivity contribution in [3.8, 4) is 5.75 Å². The number of ether oxygens (including phenoxy) is 1. The number of benzene rings is 2. The lowest BCUT2D eigenvalue weighted by atomic mass is 10.2. The zero-order valence-corrected chi connectivity index (χ0v) is 17.1. The second-order valence-corrected chi connectivity index (χ2v) is 7.59. The van der Waals surface area contributed by atoms with Crippen LogP contribution in [0.1, 0.15) is 5.56 Å². The summed E-state index contributed by atoms with van der Waals surface area (Å²) < 4.78 is 5.20. The molecule has 8 heteroatoms. The smallest absolute Gasteiger partial charge is 0.343 e. The van der Waals surface area contributed by atoms with Gasteiger partial charge in [0.25, 0.3) is 0 Å². The zero-order valence-electron chi connectivity index (χ0n) is 17.1. The number of anilines is 2. The first-order valence-electron chi connectivity index (χ1n) is 9.97. The molecule has 2 fully saturated rings. The lowest BCUT2D eigenvalue weighted by Gasteiger charge is -2.34. The predicted molar refractivity (Wildman–Crippen MR) is 112 cm³/mol. The van der Waals surface area contributed by atoms with E-state index in [2.05, 4.69) is 4.90 Å². The van der Waals surface area contributed by atoms with E-state index < -0.39 is 17.8 Å². The van der Waals surface area contributed by atoms with Gasteiger partial charge in [0.15, 0.2) is 6.67 Å². The summed E-state index contributed by atoms with van der Waals surface area (Å²) in [6.07, 6.45) is 0. The molecular formula is C22H25N4O4+. The van der Waals surface area contributed by atoms with Gasteiger partial charge < -0.3 is 14.5 Å². The predicted octanol–water partition coefficient (Wildman–Crippen LogP) is 0.661. The largest absolute Gasteiger partial charge is 0.497 e. The molecule has 0 spiro atoms. The van der Waals surface area contributed by atoms with Crippen molar-refractivity contribution in [1.29, 1.82) is 0 Å². The van der Waals surface area contributed by atoms with Gasteiger partial charge in [-0.2, -0.15) is 0 Å². The number of aryl methyl sites for hydroxylation is 1. The quantitative estimate of drug-likeness (QED) is 0.580. The normalized spacial score (nSPS) is 17.8. The van der Waals surface area contributed by atoms with E-state index in [-0.39, 0.29) is 6.67 Å². The molecule has 0 radical (unpaired) electrons. The summed E-state index contributed by atoms with van der Waals surface area (Å²) in [5, 5.41) is 0. The maximum Gasteiger partial charge on any atom is 0.343 e. The van der Waals surface area contributed by atoms with Crippen molar-refractivity contribution in [2.24, 2.45) is 0 Å². The van der Waals surface area contributed by atoms with Crippen LogP contribution in [-0.4, -0.2) is 62.7 Å². The minimum Gasteiger partial charge on any atom is -0.497 e. The van der Waals surface area contributed by atoms with E-state index in [9.17, 15) is 14.4 Å². The van der Waals surface area contributed by atoms with Gasteiger partial charge in [0.2, 0.25) is 0 Å². The topological polar surface area (TPSA) is 74.6 Å². The highest BCUT2D eigenvalue weighted by molar-refractivity contribution is 6.52. The van der Waals surface area contributed by atoms with Crippen molar-refractivity contribution in [3.05, 3.63) is 54.1 Å². The Morgan fingerprint density at radius 2 is 1.47 bits per heavy atom. The highest BCUT2D eigenvalue weighted by atomic mass is 16.5. The van der Waals surface area contributed by atoms with Gasteiger partial charge in [0.05, 0.1) is 39.0 Å². The summed E-state index contributed by atoms with van der Waals surface area (Å²) >= 11 is 0. The molecule has 8 nitrogen and oxygen atoms in total. The van der Waals surface area contributed by atoms with Gasteiger partial charge in [-0.05, 0) is 43.3 Å². The number of quaternary nitrogens is 1. The van der Waals surface area contributed by atoms with Crippen LogP contribution in [-0.2, 0) is 9.59 Å². The minimum atomic E-state index is -0.792. The number of piperazine rings is 1. The fourth-order valence-corrected chi connectivity index (χ4v) is 3.82. The molecule has 4 amide bonds. The molecule has 2 aliphatic rings. The number of methoxy groups -OCH3 is 1. The molecule has 156 valence electrons. The van der Waals surface area contributed by atoms with E-state index in [0.717, 1.165) is 57.9 Å². The molecule has 2 heterocycles. The molecule has 4 rings (SSSR count). The third-order valence-electron chi connectivity index (χ3n) is 5.64. The summed E-state index contributed by atoms with van der Waals surface area (Å²) in [6, 6.07) is 14.3. The van der Waals surface area contributed by atoms with Crippen LogP contribution in [0.15, 0.2) is 48.5 Å². The number of imide groups is 2. The standard InChI is InChI=1S/C22H24N4O4/c1-16-3-5-18(6-4-16)26-21(28)20(27)25(22(26)29)15-23-11-13-24(14-12-23)17-7-9-19(30-2)10-8-17/h3-10H,11-15H2,1-2H3/p+1. The summed E-state index contributed by atoms with van der Waals surface area (Å²) in [5.41, 5.74) is 2.55. The summed E-state index contributed by atoms with van der Waals surface area (Å²) in [7, 11) is 1.64. The molecule has 1 N–H and O–H groups in total. The van der Waals surface area contributed by atoms with Crippen LogP contribution in [0.3, 0.4) is 0 Å². The maximum absolute atomic E-state index is 12.8. The lowest BCUT2D eigenvalue weighted by molar-refractivity contribution is -0.907. The Morgan fingerprint density at radius 1 is 0.867 bits per heavy atom. The minimum absolute atomic E-state index is 0.197. The van der Waals surface area contributed by atoms with Gasteiger partial charge >= 0.3 is 17.8 Å². The highest BCUT2D eigenvalue weighted by Crippen LogP contribution is 2.22. The van der Waals surface area contributed by atoms with Crippen LogP contribution < -0.4 is 19.4 Å². The Kier molecular flexibility index (Phi) is 5.41. The van der Waals surface area contributed by atoms with Crippen molar-refractivity contribution < 1.29 is 24.0 Å². The van der Waals surface area contributed by atoms with Crippen molar-refractivity contribution >= 4 is 29.2 Å². The number of amides is 4. The van der Waals surface area contributed by atoms with Crippen LogP contribution in [0, 0.1) is 6.92 Å². The van der Waals surface area contributed by atoms with Gasteiger partial charge in [0.1, 0.15) is 5.75 Å². The monoisotopic (exact) mass is 409 g/mol.